The summed E-state index contributed by atoms with van der Waals surface area (Å²) in [6, 6.07) is 0. The maximum absolute atomic E-state index is 10.6. The molecule has 0 atom stereocenters. The predicted molar refractivity (Wildman–Crippen MR) is 93.7 cm³/mol. The second-order valence-electron chi connectivity index (χ2n) is 7.90. The van der Waals surface area contributed by atoms with E-state index in [1.807, 2.05) is 0 Å². The first-order chi connectivity index (χ1) is 11.2. The Morgan fingerprint density at radius 1 is 0.870 bits per heavy atom. The molecular formula is C20H36O3. The first-order valence-electron chi connectivity index (χ1n) is 10.1. The molecule has 0 radical (unpaired) electrons. The second kappa shape index (κ2) is 10.2. The fourth-order valence-corrected chi connectivity index (χ4v) is 4.81. The normalized spacial score (nSPS) is 31.7. The van der Waals surface area contributed by atoms with E-state index >= 15 is 0 Å². The fourth-order valence-electron chi connectivity index (χ4n) is 4.81. The minimum Gasteiger partial charge on any atom is -0.450 e. The van der Waals surface area contributed by atoms with Gasteiger partial charge in [0.25, 0.3) is 0 Å². The molecule has 2 saturated carbocycles. The summed E-state index contributed by atoms with van der Waals surface area (Å²) in [7, 11) is 0. The van der Waals surface area contributed by atoms with E-state index in [9.17, 15) is 4.79 Å². The van der Waals surface area contributed by atoms with Crippen LogP contribution in [0, 0.1) is 17.8 Å². The van der Waals surface area contributed by atoms with Gasteiger partial charge in [0.05, 0.1) is 0 Å². The third-order valence-electron chi connectivity index (χ3n) is 6.26. The molecule has 3 heteroatoms. The van der Waals surface area contributed by atoms with Gasteiger partial charge in [0.2, 0.25) is 0 Å². The molecule has 0 aromatic carbocycles. The maximum atomic E-state index is 10.6. The van der Waals surface area contributed by atoms with Gasteiger partial charge in [-0.2, -0.15) is 0 Å². The van der Waals surface area contributed by atoms with E-state index in [1.54, 1.807) is 0 Å². The van der Waals surface area contributed by atoms with Crippen molar-refractivity contribution in [2.75, 3.05) is 0 Å². The minimum atomic E-state index is -1.10. The van der Waals surface area contributed by atoms with Crippen LogP contribution in [0.15, 0.2) is 0 Å². The van der Waals surface area contributed by atoms with E-state index in [0.29, 0.717) is 0 Å². The summed E-state index contributed by atoms with van der Waals surface area (Å²) < 4.78 is 4.93. The Morgan fingerprint density at radius 3 is 2.00 bits per heavy atom. The third-order valence-corrected chi connectivity index (χ3v) is 6.26. The highest BCUT2D eigenvalue weighted by atomic mass is 16.7. The zero-order chi connectivity index (χ0) is 16.5. The highest BCUT2D eigenvalue weighted by Crippen LogP contribution is 2.41. The van der Waals surface area contributed by atoms with Crippen LogP contribution in [0.25, 0.3) is 0 Å². The van der Waals surface area contributed by atoms with Crippen LogP contribution in [0.1, 0.15) is 96.8 Å². The van der Waals surface area contributed by atoms with Crippen molar-refractivity contribution in [3.63, 3.8) is 0 Å². The van der Waals surface area contributed by atoms with Crippen molar-refractivity contribution in [3.05, 3.63) is 0 Å². The van der Waals surface area contributed by atoms with Crippen molar-refractivity contribution in [1.82, 2.24) is 0 Å². The van der Waals surface area contributed by atoms with Crippen molar-refractivity contribution < 1.29 is 14.6 Å². The van der Waals surface area contributed by atoms with Gasteiger partial charge in [-0.1, -0.05) is 58.3 Å². The zero-order valence-electron chi connectivity index (χ0n) is 15.0. The van der Waals surface area contributed by atoms with Crippen LogP contribution in [0.2, 0.25) is 0 Å². The van der Waals surface area contributed by atoms with Crippen LogP contribution in [-0.2, 0) is 4.74 Å². The molecule has 0 aromatic heterocycles. The standard InChI is InChI=1S/C20H36O3/c1-2-3-4-5-6-7-16-8-10-17(11-9-16)18-12-14-19(15-13-18)23-20(21)22/h16-19H,2-15H2,1H3,(H,21,22). The number of carbonyl (C=O) groups is 1. The summed E-state index contributed by atoms with van der Waals surface area (Å²) in [4.78, 5) is 10.6. The Kier molecular flexibility index (Phi) is 8.25. The molecule has 134 valence electrons. The Hall–Kier alpha value is -0.730. The molecule has 23 heavy (non-hydrogen) atoms. The highest BCUT2D eigenvalue weighted by molar-refractivity contribution is 5.57. The minimum absolute atomic E-state index is 0.0387. The Morgan fingerprint density at radius 2 is 1.43 bits per heavy atom. The lowest BCUT2D eigenvalue weighted by Crippen LogP contribution is -2.29. The lowest BCUT2D eigenvalue weighted by Gasteiger charge is -2.37. The predicted octanol–water partition coefficient (Wildman–Crippen LogP) is 6.41. The van der Waals surface area contributed by atoms with E-state index in [1.165, 1.54) is 77.0 Å². The van der Waals surface area contributed by atoms with Crippen LogP contribution in [-0.4, -0.2) is 17.4 Å². The molecule has 0 spiro atoms. The summed E-state index contributed by atoms with van der Waals surface area (Å²) in [5.41, 5.74) is 0. The molecule has 3 nitrogen and oxygen atoms in total. The fraction of sp³-hybridized carbons (Fsp3) is 0.950. The van der Waals surface area contributed by atoms with Gasteiger partial charge in [0.1, 0.15) is 6.10 Å². The molecule has 2 aliphatic rings. The van der Waals surface area contributed by atoms with Gasteiger partial charge in [0.15, 0.2) is 0 Å². The lowest BCUT2D eigenvalue weighted by molar-refractivity contribution is 0.0191. The van der Waals surface area contributed by atoms with E-state index in [4.69, 9.17) is 9.84 Å². The monoisotopic (exact) mass is 324 g/mol. The molecule has 0 bridgehead atoms. The van der Waals surface area contributed by atoms with Crippen molar-refractivity contribution in [2.45, 2.75) is 103 Å². The molecule has 2 rings (SSSR count). The number of carboxylic acid groups (broad SMARTS) is 1. The molecule has 0 unspecified atom stereocenters. The number of ether oxygens (including phenoxy) is 1. The Labute approximate surface area is 142 Å². The van der Waals surface area contributed by atoms with Gasteiger partial charge in [-0.05, 0) is 56.3 Å². The second-order valence-corrected chi connectivity index (χ2v) is 7.90. The Balaban J connectivity index is 1.57. The lowest BCUT2D eigenvalue weighted by atomic mass is 9.70. The summed E-state index contributed by atoms with van der Waals surface area (Å²) >= 11 is 0. The van der Waals surface area contributed by atoms with E-state index in [2.05, 4.69) is 6.92 Å². The molecule has 0 aromatic rings. The summed E-state index contributed by atoms with van der Waals surface area (Å²) in [6.45, 7) is 2.28. The van der Waals surface area contributed by atoms with Gasteiger partial charge in [-0.15, -0.1) is 0 Å². The van der Waals surface area contributed by atoms with E-state index in [0.717, 1.165) is 30.6 Å². The van der Waals surface area contributed by atoms with Gasteiger partial charge < -0.3 is 9.84 Å². The number of rotatable bonds is 8. The average molecular weight is 325 g/mol. The quantitative estimate of drug-likeness (QED) is 0.414. The summed E-state index contributed by atoms with van der Waals surface area (Å²) in [6.07, 6.45) is 17.3. The number of unbranched alkanes of at least 4 members (excludes halogenated alkanes) is 4. The van der Waals surface area contributed by atoms with Crippen molar-refractivity contribution in [1.29, 1.82) is 0 Å². The molecule has 0 aliphatic heterocycles. The van der Waals surface area contributed by atoms with Crippen LogP contribution in [0.3, 0.4) is 0 Å². The zero-order valence-corrected chi connectivity index (χ0v) is 15.0. The third kappa shape index (κ3) is 6.73. The summed E-state index contributed by atoms with van der Waals surface area (Å²) in [5, 5.41) is 8.71. The first kappa shape index (κ1) is 18.6. The SMILES string of the molecule is CCCCCCCC1CCC(C2CCC(OC(=O)O)CC2)CC1. The van der Waals surface area contributed by atoms with Crippen molar-refractivity contribution >= 4 is 6.16 Å². The molecule has 0 heterocycles. The number of hydrogen-bond donors (Lipinski definition) is 1. The van der Waals surface area contributed by atoms with Crippen molar-refractivity contribution in [2.24, 2.45) is 17.8 Å². The topological polar surface area (TPSA) is 46.5 Å². The van der Waals surface area contributed by atoms with Crippen LogP contribution in [0.5, 0.6) is 0 Å². The molecule has 0 saturated heterocycles. The molecule has 0 amide bonds. The molecule has 2 fully saturated rings. The Bertz CT molecular complexity index is 326. The van der Waals surface area contributed by atoms with Crippen LogP contribution < -0.4 is 0 Å². The van der Waals surface area contributed by atoms with Crippen LogP contribution >= 0.6 is 0 Å². The highest BCUT2D eigenvalue weighted by Gasteiger charge is 2.31. The van der Waals surface area contributed by atoms with E-state index < -0.39 is 6.16 Å². The van der Waals surface area contributed by atoms with Gasteiger partial charge in [0, 0.05) is 0 Å². The number of hydrogen-bond acceptors (Lipinski definition) is 2. The smallest absolute Gasteiger partial charge is 0.450 e. The van der Waals surface area contributed by atoms with Crippen molar-refractivity contribution in [3.8, 4) is 0 Å². The van der Waals surface area contributed by atoms with Gasteiger partial charge in [-0.25, -0.2) is 4.79 Å². The maximum Gasteiger partial charge on any atom is 0.506 e. The van der Waals surface area contributed by atoms with Gasteiger partial charge in [-0.3, -0.25) is 0 Å². The average Bonchev–Trinajstić information content (AvgIpc) is 2.55. The summed E-state index contributed by atoms with van der Waals surface area (Å²) in [5.74, 6) is 2.71. The van der Waals surface area contributed by atoms with E-state index in [-0.39, 0.29) is 6.10 Å². The largest absolute Gasteiger partial charge is 0.506 e. The van der Waals surface area contributed by atoms with Crippen LogP contribution in [0.4, 0.5) is 4.79 Å². The molecule has 2 aliphatic carbocycles. The first-order valence-corrected chi connectivity index (χ1v) is 10.1. The van der Waals surface area contributed by atoms with Gasteiger partial charge >= 0.3 is 6.16 Å². The molecule has 1 N–H and O–H groups in total. The molecular weight excluding hydrogens is 288 g/mol.